The van der Waals surface area contributed by atoms with Gasteiger partial charge in [0.25, 0.3) is 5.91 Å². The van der Waals surface area contributed by atoms with Gasteiger partial charge in [0.1, 0.15) is 0 Å². The summed E-state index contributed by atoms with van der Waals surface area (Å²) in [6.45, 7) is 2.13. The van der Waals surface area contributed by atoms with Gasteiger partial charge < -0.3 is 5.32 Å². The number of nitrogens with zero attached hydrogens (tertiary/aromatic N) is 1. The van der Waals surface area contributed by atoms with Crippen LogP contribution in [0.15, 0.2) is 66.7 Å². The van der Waals surface area contributed by atoms with Crippen LogP contribution >= 0.6 is 23.2 Å². The second-order valence-electron chi connectivity index (χ2n) is 7.77. The van der Waals surface area contributed by atoms with Crippen molar-refractivity contribution in [3.8, 4) is 0 Å². The molecule has 0 aliphatic heterocycles. The Balaban J connectivity index is 1.76. The normalized spacial score (nSPS) is 11.3. The molecule has 0 fully saturated rings. The van der Waals surface area contributed by atoms with E-state index in [1.54, 1.807) is 42.5 Å². The van der Waals surface area contributed by atoms with Crippen LogP contribution in [0.4, 0.5) is 11.4 Å². The fourth-order valence-corrected chi connectivity index (χ4v) is 4.73. The molecular formula is C25H26Cl2N2O3S. The minimum Gasteiger partial charge on any atom is -0.322 e. The van der Waals surface area contributed by atoms with E-state index in [0.29, 0.717) is 32.5 Å². The monoisotopic (exact) mass is 504 g/mol. The summed E-state index contributed by atoms with van der Waals surface area (Å²) in [5, 5.41) is 3.63. The summed E-state index contributed by atoms with van der Waals surface area (Å²) < 4.78 is 26.2. The molecule has 0 aliphatic rings. The molecule has 5 nitrogen and oxygen atoms in total. The maximum atomic E-state index is 12.7. The first-order chi connectivity index (χ1) is 15.7. The SMILES string of the molecule is CCCCc1ccc(NC(=O)c2ccc(N(Cc3c(Cl)cccc3Cl)S(C)(=O)=O)cc2)cc1. The molecule has 3 aromatic rings. The number of rotatable bonds is 9. The molecule has 0 aliphatic carbocycles. The Bertz CT molecular complexity index is 1190. The van der Waals surface area contributed by atoms with Crippen molar-refractivity contribution in [1.29, 1.82) is 0 Å². The molecular weight excluding hydrogens is 479 g/mol. The highest BCUT2D eigenvalue weighted by Crippen LogP contribution is 2.29. The first-order valence-corrected chi connectivity index (χ1v) is 13.2. The largest absolute Gasteiger partial charge is 0.322 e. The number of amides is 1. The fraction of sp³-hybridized carbons (Fsp3) is 0.240. The summed E-state index contributed by atoms with van der Waals surface area (Å²) >= 11 is 12.5. The smallest absolute Gasteiger partial charge is 0.255 e. The van der Waals surface area contributed by atoms with Crippen molar-refractivity contribution in [2.45, 2.75) is 32.7 Å². The average Bonchev–Trinajstić information content (AvgIpc) is 2.78. The third-order valence-corrected chi connectivity index (χ3v) is 7.06. The molecule has 0 aromatic heterocycles. The molecule has 0 saturated carbocycles. The molecule has 1 amide bonds. The van der Waals surface area contributed by atoms with Crippen molar-refractivity contribution in [3.05, 3.63) is 93.5 Å². The van der Waals surface area contributed by atoms with E-state index in [0.717, 1.165) is 25.5 Å². The fourth-order valence-electron chi connectivity index (χ4n) is 3.34. The lowest BCUT2D eigenvalue weighted by Crippen LogP contribution is -2.29. The van der Waals surface area contributed by atoms with Crippen molar-refractivity contribution in [2.24, 2.45) is 0 Å². The molecule has 0 heterocycles. The number of halogens is 2. The van der Waals surface area contributed by atoms with Gasteiger partial charge in [0, 0.05) is 26.9 Å². The Morgan fingerprint density at radius 3 is 2.09 bits per heavy atom. The number of nitrogens with one attached hydrogen (secondary N) is 1. The van der Waals surface area contributed by atoms with E-state index in [9.17, 15) is 13.2 Å². The van der Waals surface area contributed by atoms with Gasteiger partial charge in [-0.15, -0.1) is 0 Å². The number of carbonyl (C=O) groups excluding carboxylic acids is 1. The van der Waals surface area contributed by atoms with E-state index in [2.05, 4.69) is 12.2 Å². The first-order valence-electron chi connectivity index (χ1n) is 10.6. The summed E-state index contributed by atoms with van der Waals surface area (Å²) in [7, 11) is -3.63. The number of sulfonamides is 1. The molecule has 0 spiro atoms. The summed E-state index contributed by atoms with van der Waals surface area (Å²) in [5.41, 5.74) is 3.27. The van der Waals surface area contributed by atoms with Crippen LogP contribution in [0.5, 0.6) is 0 Å². The molecule has 0 saturated heterocycles. The third kappa shape index (κ3) is 6.73. The molecule has 1 N–H and O–H groups in total. The van der Waals surface area contributed by atoms with Crippen molar-refractivity contribution < 1.29 is 13.2 Å². The maximum absolute atomic E-state index is 12.7. The molecule has 3 aromatic carbocycles. The van der Waals surface area contributed by atoms with Crippen LogP contribution in [0.1, 0.15) is 41.3 Å². The molecule has 33 heavy (non-hydrogen) atoms. The van der Waals surface area contributed by atoms with Gasteiger partial charge in [-0.3, -0.25) is 9.10 Å². The molecule has 0 bridgehead atoms. The minimum atomic E-state index is -3.63. The van der Waals surface area contributed by atoms with Crippen LogP contribution < -0.4 is 9.62 Å². The van der Waals surface area contributed by atoms with Gasteiger partial charge in [-0.1, -0.05) is 54.7 Å². The zero-order valence-corrected chi connectivity index (χ0v) is 20.8. The van der Waals surface area contributed by atoms with Crippen molar-refractivity contribution >= 4 is 50.5 Å². The summed E-state index contributed by atoms with van der Waals surface area (Å²) in [4.78, 5) is 12.7. The number of aryl methyl sites for hydroxylation is 1. The standard InChI is InChI=1S/C25H26Cl2N2O3S/c1-3-4-6-18-9-13-20(14-10-18)28-25(30)19-11-15-21(16-12-19)29(33(2,31)32)17-22-23(26)7-5-8-24(22)27/h5,7-16H,3-4,6,17H2,1-2H3,(H,28,30). The highest BCUT2D eigenvalue weighted by atomic mass is 35.5. The number of unbranched alkanes of at least 4 members (excludes halogenated alkanes) is 1. The van der Waals surface area contributed by atoms with Gasteiger partial charge in [-0.25, -0.2) is 8.42 Å². The highest BCUT2D eigenvalue weighted by molar-refractivity contribution is 7.92. The van der Waals surface area contributed by atoms with Crippen molar-refractivity contribution in [1.82, 2.24) is 0 Å². The zero-order valence-electron chi connectivity index (χ0n) is 18.5. The number of carbonyl (C=O) groups is 1. The third-order valence-electron chi connectivity index (χ3n) is 5.21. The number of hydrogen-bond donors (Lipinski definition) is 1. The Hall–Kier alpha value is -2.54. The molecule has 8 heteroatoms. The zero-order chi connectivity index (χ0) is 24.0. The van der Waals surface area contributed by atoms with Crippen LogP contribution in [0.2, 0.25) is 10.0 Å². The lowest BCUT2D eigenvalue weighted by atomic mass is 10.1. The predicted molar refractivity (Wildman–Crippen MR) is 137 cm³/mol. The first kappa shape index (κ1) is 25.1. The van der Waals surface area contributed by atoms with Crippen LogP contribution in [0.25, 0.3) is 0 Å². The summed E-state index contributed by atoms with van der Waals surface area (Å²) in [6, 6.07) is 19.2. The van der Waals surface area contributed by atoms with Gasteiger partial charge in [0.2, 0.25) is 10.0 Å². The van der Waals surface area contributed by atoms with E-state index in [1.165, 1.54) is 9.87 Å². The Labute approximate surface area is 205 Å². The van der Waals surface area contributed by atoms with E-state index >= 15 is 0 Å². The average molecular weight is 505 g/mol. The second kappa shape index (κ2) is 11.1. The topological polar surface area (TPSA) is 66.5 Å². The molecule has 0 atom stereocenters. The molecule has 0 radical (unpaired) electrons. The van der Waals surface area contributed by atoms with Gasteiger partial charge >= 0.3 is 0 Å². The number of benzene rings is 3. The summed E-state index contributed by atoms with van der Waals surface area (Å²) in [6.07, 6.45) is 4.40. The van der Waals surface area contributed by atoms with Crippen LogP contribution in [0.3, 0.4) is 0 Å². The van der Waals surface area contributed by atoms with Gasteiger partial charge in [-0.05, 0) is 66.9 Å². The Kier molecular flexibility index (Phi) is 8.40. The second-order valence-corrected chi connectivity index (χ2v) is 10.5. The number of hydrogen-bond acceptors (Lipinski definition) is 3. The van der Waals surface area contributed by atoms with E-state index in [4.69, 9.17) is 23.2 Å². The lowest BCUT2D eigenvalue weighted by Gasteiger charge is -2.23. The van der Waals surface area contributed by atoms with Crippen LogP contribution in [-0.2, 0) is 23.0 Å². The number of anilines is 2. The Morgan fingerprint density at radius 1 is 0.939 bits per heavy atom. The van der Waals surface area contributed by atoms with Gasteiger partial charge in [0.05, 0.1) is 18.5 Å². The van der Waals surface area contributed by atoms with E-state index < -0.39 is 10.0 Å². The van der Waals surface area contributed by atoms with E-state index in [-0.39, 0.29) is 12.5 Å². The van der Waals surface area contributed by atoms with Crippen LogP contribution in [-0.4, -0.2) is 20.6 Å². The molecule has 174 valence electrons. The predicted octanol–water partition coefficient (Wildman–Crippen LogP) is 6.55. The highest BCUT2D eigenvalue weighted by Gasteiger charge is 2.21. The van der Waals surface area contributed by atoms with Gasteiger partial charge in [-0.2, -0.15) is 0 Å². The lowest BCUT2D eigenvalue weighted by molar-refractivity contribution is 0.102. The van der Waals surface area contributed by atoms with Crippen molar-refractivity contribution in [2.75, 3.05) is 15.9 Å². The van der Waals surface area contributed by atoms with Crippen LogP contribution in [0, 0.1) is 0 Å². The van der Waals surface area contributed by atoms with E-state index in [1.807, 2.05) is 24.3 Å². The maximum Gasteiger partial charge on any atom is 0.255 e. The molecule has 0 unspecified atom stereocenters. The van der Waals surface area contributed by atoms with Gasteiger partial charge in [0.15, 0.2) is 0 Å². The van der Waals surface area contributed by atoms with Crippen molar-refractivity contribution in [3.63, 3.8) is 0 Å². The quantitative estimate of drug-likeness (QED) is 0.359. The summed E-state index contributed by atoms with van der Waals surface area (Å²) in [5.74, 6) is -0.275. The minimum absolute atomic E-state index is 0.0206. The molecule has 3 rings (SSSR count). The Morgan fingerprint density at radius 2 is 1.55 bits per heavy atom.